The van der Waals surface area contributed by atoms with Crippen LogP contribution in [0.5, 0.6) is 0 Å². The number of piperazine rings is 1. The Morgan fingerprint density at radius 1 is 0.975 bits per heavy atom. The van der Waals surface area contributed by atoms with Crippen LogP contribution >= 0.6 is 0 Å². The highest BCUT2D eigenvalue weighted by molar-refractivity contribution is 5.95. The summed E-state index contributed by atoms with van der Waals surface area (Å²) >= 11 is 0. The van der Waals surface area contributed by atoms with Gasteiger partial charge in [0.25, 0.3) is 0 Å². The average Bonchev–Trinajstić information content (AvgIpc) is 3.59. The molecule has 1 amide bonds. The van der Waals surface area contributed by atoms with E-state index in [-0.39, 0.29) is 6.09 Å². The van der Waals surface area contributed by atoms with Crippen LogP contribution < -0.4 is 4.90 Å². The number of hydrogen-bond donors (Lipinski definition) is 1. The summed E-state index contributed by atoms with van der Waals surface area (Å²) in [6.07, 6.45) is 11.2. The summed E-state index contributed by atoms with van der Waals surface area (Å²) in [6.45, 7) is 9.19. The van der Waals surface area contributed by atoms with Gasteiger partial charge in [-0.25, -0.2) is 9.78 Å². The van der Waals surface area contributed by atoms with E-state index in [2.05, 4.69) is 61.5 Å². The molecule has 0 unspecified atom stereocenters. The van der Waals surface area contributed by atoms with Gasteiger partial charge in [0.2, 0.25) is 0 Å². The van der Waals surface area contributed by atoms with E-state index < -0.39 is 5.60 Å². The van der Waals surface area contributed by atoms with Crippen LogP contribution in [-0.2, 0) is 11.3 Å². The van der Waals surface area contributed by atoms with Crippen LogP contribution in [-0.4, -0.2) is 67.5 Å². The summed E-state index contributed by atoms with van der Waals surface area (Å²) in [7, 11) is 0. The van der Waals surface area contributed by atoms with Crippen molar-refractivity contribution in [3.63, 3.8) is 0 Å². The number of aromatic amines is 1. The fraction of sp³-hybridized carbons (Fsp3) is 0.290. The Bertz CT molecular complexity index is 1610. The predicted molar refractivity (Wildman–Crippen MR) is 156 cm³/mol. The standard InChI is InChI=1S/C31H33N7O2/c1-31(2,3)40-30(39)37-13-11-36(12-14-37)26-8-6-23(7-9-26)24-15-27-28(19-34-29(27)33-17-24)25-18-35-38(21-25)20-22-5-4-10-32-16-22/h4-10,15-19,21H,11-14,20H2,1-3H3,(H,33,34). The van der Waals surface area contributed by atoms with Gasteiger partial charge in [0, 0.05) is 84.9 Å². The first-order chi connectivity index (χ1) is 19.3. The van der Waals surface area contributed by atoms with Crippen molar-refractivity contribution in [2.24, 2.45) is 0 Å². The average molecular weight is 536 g/mol. The predicted octanol–water partition coefficient (Wildman–Crippen LogP) is 5.59. The lowest BCUT2D eigenvalue weighted by atomic mass is 10.0. The lowest BCUT2D eigenvalue weighted by molar-refractivity contribution is 0.0240. The third kappa shape index (κ3) is 5.54. The number of benzene rings is 1. The first-order valence-electron chi connectivity index (χ1n) is 13.5. The molecule has 0 atom stereocenters. The molecule has 204 valence electrons. The second-order valence-corrected chi connectivity index (χ2v) is 11.1. The van der Waals surface area contributed by atoms with E-state index in [1.54, 1.807) is 11.1 Å². The number of anilines is 1. The molecule has 40 heavy (non-hydrogen) atoms. The van der Waals surface area contributed by atoms with Crippen LogP contribution in [0.3, 0.4) is 0 Å². The maximum Gasteiger partial charge on any atom is 0.410 e. The number of carbonyl (C=O) groups is 1. The highest BCUT2D eigenvalue weighted by Gasteiger charge is 2.26. The summed E-state index contributed by atoms with van der Waals surface area (Å²) in [5.41, 5.74) is 6.88. The molecular formula is C31H33N7O2. The van der Waals surface area contributed by atoms with Gasteiger partial charge in [-0.3, -0.25) is 9.67 Å². The molecular weight excluding hydrogens is 502 g/mol. The molecule has 0 aliphatic carbocycles. The van der Waals surface area contributed by atoms with E-state index in [1.807, 2.05) is 62.4 Å². The highest BCUT2D eigenvalue weighted by atomic mass is 16.6. The number of fused-ring (bicyclic) bond motifs is 1. The normalized spacial score (nSPS) is 14.1. The largest absolute Gasteiger partial charge is 0.444 e. The minimum atomic E-state index is -0.481. The van der Waals surface area contributed by atoms with E-state index in [0.29, 0.717) is 19.6 Å². The zero-order valence-electron chi connectivity index (χ0n) is 23.0. The molecule has 0 saturated carbocycles. The lowest BCUT2D eigenvalue weighted by Crippen LogP contribution is -2.50. The Hall–Kier alpha value is -4.66. The molecule has 0 bridgehead atoms. The van der Waals surface area contributed by atoms with Gasteiger partial charge in [-0.05, 0) is 56.2 Å². The molecule has 1 aromatic carbocycles. The molecule has 1 saturated heterocycles. The lowest BCUT2D eigenvalue weighted by Gasteiger charge is -2.36. The zero-order valence-corrected chi connectivity index (χ0v) is 23.0. The summed E-state index contributed by atoms with van der Waals surface area (Å²) in [6, 6.07) is 14.7. The van der Waals surface area contributed by atoms with Crippen LogP contribution in [0.2, 0.25) is 0 Å². The van der Waals surface area contributed by atoms with Crippen molar-refractivity contribution in [1.29, 1.82) is 0 Å². The van der Waals surface area contributed by atoms with Gasteiger partial charge in [-0.15, -0.1) is 0 Å². The fourth-order valence-electron chi connectivity index (χ4n) is 5.01. The third-order valence-corrected chi connectivity index (χ3v) is 7.04. The first kappa shape index (κ1) is 25.6. The van der Waals surface area contributed by atoms with Gasteiger partial charge in [0.05, 0.1) is 12.7 Å². The number of rotatable bonds is 5. The Morgan fingerprint density at radius 3 is 2.50 bits per heavy atom. The number of aromatic nitrogens is 5. The van der Waals surface area contributed by atoms with Crippen molar-refractivity contribution < 1.29 is 9.53 Å². The molecule has 1 N–H and O–H groups in total. The van der Waals surface area contributed by atoms with Crippen molar-refractivity contribution in [3.05, 3.63) is 85.2 Å². The minimum absolute atomic E-state index is 0.240. The summed E-state index contributed by atoms with van der Waals surface area (Å²) in [5.74, 6) is 0. The van der Waals surface area contributed by atoms with Crippen LogP contribution in [0, 0.1) is 0 Å². The van der Waals surface area contributed by atoms with E-state index >= 15 is 0 Å². The number of nitrogens with zero attached hydrogens (tertiary/aromatic N) is 6. The number of amides is 1. The maximum absolute atomic E-state index is 12.4. The summed E-state index contributed by atoms with van der Waals surface area (Å²) in [4.78, 5) is 28.7. The monoisotopic (exact) mass is 535 g/mol. The Labute approximate surface area is 233 Å². The molecule has 9 nitrogen and oxygen atoms in total. The van der Waals surface area contributed by atoms with Crippen LogP contribution in [0.15, 0.2) is 79.6 Å². The minimum Gasteiger partial charge on any atom is -0.444 e. The van der Waals surface area contributed by atoms with Gasteiger partial charge >= 0.3 is 6.09 Å². The summed E-state index contributed by atoms with van der Waals surface area (Å²) < 4.78 is 7.45. The fourth-order valence-corrected chi connectivity index (χ4v) is 5.01. The zero-order chi connectivity index (χ0) is 27.7. The SMILES string of the molecule is CC(C)(C)OC(=O)N1CCN(c2ccc(-c3cnc4[nH]cc(-c5cnn(Cc6cccnc6)c5)c4c3)cc2)CC1. The van der Waals surface area contributed by atoms with E-state index in [9.17, 15) is 4.79 Å². The molecule has 1 aliphatic rings. The van der Waals surface area contributed by atoms with Crippen LogP contribution in [0.25, 0.3) is 33.3 Å². The number of ether oxygens (including phenoxy) is 1. The van der Waals surface area contributed by atoms with Crippen molar-refractivity contribution in [2.75, 3.05) is 31.1 Å². The van der Waals surface area contributed by atoms with Crippen molar-refractivity contribution in [2.45, 2.75) is 32.9 Å². The number of nitrogens with one attached hydrogen (secondary N) is 1. The molecule has 5 heterocycles. The second-order valence-electron chi connectivity index (χ2n) is 11.1. The molecule has 0 radical (unpaired) electrons. The van der Waals surface area contributed by atoms with Crippen molar-refractivity contribution in [1.82, 2.24) is 29.6 Å². The number of pyridine rings is 2. The van der Waals surface area contributed by atoms with Crippen molar-refractivity contribution in [3.8, 4) is 22.3 Å². The van der Waals surface area contributed by atoms with Gasteiger partial charge in [0.15, 0.2) is 0 Å². The molecule has 1 fully saturated rings. The van der Waals surface area contributed by atoms with Gasteiger partial charge in [-0.1, -0.05) is 18.2 Å². The second kappa shape index (κ2) is 10.5. The van der Waals surface area contributed by atoms with Gasteiger partial charge < -0.3 is 19.5 Å². The van der Waals surface area contributed by atoms with Crippen molar-refractivity contribution >= 4 is 22.8 Å². The molecule has 5 aromatic rings. The Morgan fingerprint density at radius 2 is 1.77 bits per heavy atom. The van der Waals surface area contributed by atoms with E-state index in [4.69, 9.17) is 4.74 Å². The molecule has 1 aliphatic heterocycles. The highest BCUT2D eigenvalue weighted by Crippen LogP contribution is 2.32. The first-order valence-corrected chi connectivity index (χ1v) is 13.5. The van der Waals surface area contributed by atoms with Gasteiger partial charge in [-0.2, -0.15) is 5.10 Å². The molecule has 9 heteroatoms. The Balaban J connectivity index is 1.15. The van der Waals surface area contributed by atoms with Gasteiger partial charge in [0.1, 0.15) is 11.2 Å². The molecule has 6 rings (SSSR count). The van der Waals surface area contributed by atoms with E-state index in [0.717, 1.165) is 57.6 Å². The Kier molecular flexibility index (Phi) is 6.71. The van der Waals surface area contributed by atoms with E-state index in [1.165, 1.54) is 0 Å². The third-order valence-electron chi connectivity index (χ3n) is 7.04. The van der Waals surface area contributed by atoms with Crippen LogP contribution in [0.1, 0.15) is 26.3 Å². The topological polar surface area (TPSA) is 92.2 Å². The molecule has 0 spiro atoms. The molecule has 4 aromatic heterocycles. The smallest absolute Gasteiger partial charge is 0.410 e. The maximum atomic E-state index is 12.4. The number of carbonyl (C=O) groups excluding carboxylic acids is 1. The number of H-pyrrole nitrogens is 1. The van der Waals surface area contributed by atoms with Crippen LogP contribution in [0.4, 0.5) is 10.5 Å². The quantitative estimate of drug-likeness (QED) is 0.315. The number of hydrogen-bond acceptors (Lipinski definition) is 6. The summed E-state index contributed by atoms with van der Waals surface area (Å²) in [5, 5.41) is 5.62.